The number of aromatic nitrogens is 2. The number of amides is 2. The molecule has 3 aromatic rings. The average Bonchev–Trinajstić information content (AvgIpc) is 3.24. The number of nitrogens with one attached hydrogen (secondary N) is 1. The zero-order valence-electron chi connectivity index (χ0n) is 15.9. The fraction of sp³-hybridized carbons (Fsp3) is 0.286. The molecule has 7 heteroatoms. The van der Waals surface area contributed by atoms with Gasteiger partial charge in [0.05, 0.1) is 17.5 Å². The van der Waals surface area contributed by atoms with Crippen LogP contribution >= 0.6 is 0 Å². The van der Waals surface area contributed by atoms with E-state index < -0.39 is 0 Å². The van der Waals surface area contributed by atoms with E-state index in [9.17, 15) is 9.59 Å². The third-order valence-electron chi connectivity index (χ3n) is 5.14. The number of nitrogens with zero attached hydrogens (tertiary/aromatic N) is 3. The van der Waals surface area contributed by atoms with Crippen molar-refractivity contribution in [3.05, 3.63) is 65.4 Å². The molecule has 0 saturated heterocycles. The quantitative estimate of drug-likeness (QED) is 0.759. The molecule has 0 aliphatic carbocycles. The minimum Gasteiger partial charge on any atom is -0.469 e. The van der Waals surface area contributed by atoms with E-state index >= 15 is 0 Å². The molecule has 1 aromatic carbocycles. The number of hydrogen-bond acceptors (Lipinski definition) is 4. The van der Waals surface area contributed by atoms with Crippen molar-refractivity contribution >= 4 is 11.8 Å². The Morgan fingerprint density at radius 1 is 1.11 bits per heavy atom. The molecular weight excluding hydrogens is 356 g/mol. The van der Waals surface area contributed by atoms with Crippen LogP contribution in [0.5, 0.6) is 0 Å². The fourth-order valence-electron chi connectivity index (χ4n) is 3.64. The molecule has 2 aromatic heterocycles. The first-order chi connectivity index (χ1) is 13.6. The summed E-state index contributed by atoms with van der Waals surface area (Å²) in [7, 11) is 1.60. The van der Waals surface area contributed by atoms with Crippen LogP contribution in [-0.2, 0) is 13.0 Å². The number of carbonyl (C=O) groups excluding carboxylic acids is 2. The Morgan fingerprint density at radius 3 is 2.57 bits per heavy atom. The van der Waals surface area contributed by atoms with Gasteiger partial charge in [0.25, 0.3) is 11.8 Å². The third kappa shape index (κ3) is 3.09. The van der Waals surface area contributed by atoms with Crippen LogP contribution in [0.2, 0.25) is 0 Å². The van der Waals surface area contributed by atoms with E-state index in [4.69, 9.17) is 4.42 Å². The number of fused-ring (bicyclic) bond motifs is 1. The van der Waals surface area contributed by atoms with Crippen molar-refractivity contribution in [2.45, 2.75) is 19.9 Å². The van der Waals surface area contributed by atoms with Gasteiger partial charge in [-0.2, -0.15) is 0 Å². The van der Waals surface area contributed by atoms with Gasteiger partial charge in [-0.1, -0.05) is 30.3 Å². The molecule has 0 atom stereocenters. The monoisotopic (exact) mass is 378 g/mol. The number of hydrogen-bond donors (Lipinski definition) is 1. The maximum absolute atomic E-state index is 12.9. The number of imidazole rings is 1. The van der Waals surface area contributed by atoms with Crippen LogP contribution in [0.25, 0.3) is 11.4 Å². The highest BCUT2D eigenvalue weighted by Crippen LogP contribution is 2.26. The summed E-state index contributed by atoms with van der Waals surface area (Å²) in [6.45, 7) is 3.43. The summed E-state index contributed by atoms with van der Waals surface area (Å²) in [4.78, 5) is 31.8. The van der Waals surface area contributed by atoms with Gasteiger partial charge < -0.3 is 19.2 Å². The Labute approximate surface area is 163 Å². The summed E-state index contributed by atoms with van der Waals surface area (Å²) in [5, 5.41) is 2.67. The molecule has 0 saturated carbocycles. The summed E-state index contributed by atoms with van der Waals surface area (Å²) in [6.07, 6.45) is 2.09. The molecule has 0 radical (unpaired) electrons. The van der Waals surface area contributed by atoms with Crippen LogP contribution in [-0.4, -0.2) is 46.4 Å². The van der Waals surface area contributed by atoms with Gasteiger partial charge in [-0.15, -0.1) is 0 Å². The van der Waals surface area contributed by atoms with Crippen LogP contribution in [0, 0.1) is 6.92 Å². The summed E-state index contributed by atoms with van der Waals surface area (Å²) in [5.74, 6) is 1.11. The number of benzene rings is 1. The minimum absolute atomic E-state index is 0.0484. The molecule has 4 rings (SSSR count). The van der Waals surface area contributed by atoms with Gasteiger partial charge in [0.15, 0.2) is 0 Å². The fourth-order valence-corrected chi connectivity index (χ4v) is 3.64. The standard InChI is InChI=1S/C21H22N4O3/c1-14-16(9-13-28-14)21(27)24-10-8-17-18(20(26)22-2)23-19(25(17)12-11-24)15-6-4-3-5-7-15/h3-7,9,13H,8,10-12H2,1-2H3,(H,22,26). The van der Waals surface area contributed by atoms with Crippen LogP contribution in [0.15, 0.2) is 47.1 Å². The zero-order chi connectivity index (χ0) is 19.7. The van der Waals surface area contributed by atoms with Crippen molar-refractivity contribution in [3.63, 3.8) is 0 Å². The highest BCUT2D eigenvalue weighted by atomic mass is 16.3. The van der Waals surface area contributed by atoms with E-state index in [-0.39, 0.29) is 11.8 Å². The van der Waals surface area contributed by atoms with E-state index in [1.807, 2.05) is 35.2 Å². The highest BCUT2D eigenvalue weighted by molar-refractivity contribution is 5.95. The molecule has 0 bridgehead atoms. The molecule has 0 fully saturated rings. The van der Waals surface area contributed by atoms with Crippen molar-refractivity contribution in [1.29, 1.82) is 0 Å². The molecule has 1 aliphatic rings. The molecule has 7 nitrogen and oxygen atoms in total. The lowest BCUT2D eigenvalue weighted by Gasteiger charge is -2.20. The second kappa shape index (κ2) is 7.34. The Bertz CT molecular complexity index is 1020. The number of rotatable bonds is 3. The van der Waals surface area contributed by atoms with Crippen molar-refractivity contribution in [2.24, 2.45) is 0 Å². The van der Waals surface area contributed by atoms with Gasteiger partial charge in [-0.3, -0.25) is 9.59 Å². The summed E-state index contributed by atoms with van der Waals surface area (Å²) in [5.41, 5.74) is 2.82. The summed E-state index contributed by atoms with van der Waals surface area (Å²) >= 11 is 0. The van der Waals surface area contributed by atoms with Crippen molar-refractivity contribution in [1.82, 2.24) is 19.8 Å². The lowest BCUT2D eigenvalue weighted by molar-refractivity contribution is 0.0757. The van der Waals surface area contributed by atoms with Crippen molar-refractivity contribution < 1.29 is 14.0 Å². The first-order valence-corrected chi connectivity index (χ1v) is 9.30. The van der Waals surface area contributed by atoms with Gasteiger partial charge in [-0.25, -0.2) is 4.98 Å². The van der Waals surface area contributed by atoms with Crippen LogP contribution in [0.1, 0.15) is 32.3 Å². The van der Waals surface area contributed by atoms with Crippen molar-refractivity contribution in [3.8, 4) is 11.4 Å². The lowest BCUT2D eigenvalue weighted by atomic mass is 10.2. The van der Waals surface area contributed by atoms with Gasteiger partial charge >= 0.3 is 0 Å². The summed E-state index contributed by atoms with van der Waals surface area (Å²) < 4.78 is 7.35. The Kier molecular flexibility index (Phi) is 4.73. The largest absolute Gasteiger partial charge is 0.469 e. The molecular formula is C21H22N4O3. The predicted molar refractivity (Wildman–Crippen MR) is 104 cm³/mol. The van der Waals surface area contributed by atoms with E-state index in [0.717, 1.165) is 17.1 Å². The Hall–Kier alpha value is -3.35. The zero-order valence-corrected chi connectivity index (χ0v) is 15.9. The smallest absolute Gasteiger partial charge is 0.271 e. The molecule has 1 N–H and O–H groups in total. The highest BCUT2D eigenvalue weighted by Gasteiger charge is 2.28. The number of carbonyl (C=O) groups is 2. The molecule has 144 valence electrons. The van der Waals surface area contributed by atoms with E-state index in [0.29, 0.717) is 43.1 Å². The molecule has 28 heavy (non-hydrogen) atoms. The molecule has 3 heterocycles. The Balaban J connectivity index is 1.70. The van der Waals surface area contributed by atoms with E-state index in [2.05, 4.69) is 14.9 Å². The topological polar surface area (TPSA) is 80.4 Å². The van der Waals surface area contributed by atoms with Crippen LogP contribution in [0.4, 0.5) is 0 Å². The molecule has 0 unspecified atom stereocenters. The van der Waals surface area contributed by atoms with Gasteiger partial charge in [0.2, 0.25) is 0 Å². The average molecular weight is 378 g/mol. The van der Waals surface area contributed by atoms with Crippen LogP contribution < -0.4 is 5.32 Å². The molecule has 1 aliphatic heterocycles. The van der Waals surface area contributed by atoms with Gasteiger partial charge in [0.1, 0.15) is 17.3 Å². The first kappa shape index (κ1) is 18.0. The SMILES string of the molecule is CNC(=O)c1nc(-c2ccccc2)n2c1CCN(C(=O)c1ccoc1C)CC2. The third-order valence-corrected chi connectivity index (χ3v) is 5.14. The maximum atomic E-state index is 12.9. The normalized spacial score (nSPS) is 13.7. The maximum Gasteiger partial charge on any atom is 0.271 e. The Morgan fingerprint density at radius 2 is 1.89 bits per heavy atom. The number of furan rings is 1. The van der Waals surface area contributed by atoms with Crippen molar-refractivity contribution in [2.75, 3.05) is 20.1 Å². The lowest BCUT2D eigenvalue weighted by Crippen LogP contribution is -2.34. The van der Waals surface area contributed by atoms with E-state index in [1.165, 1.54) is 6.26 Å². The van der Waals surface area contributed by atoms with E-state index in [1.54, 1.807) is 20.0 Å². The second-order valence-corrected chi connectivity index (χ2v) is 6.76. The molecule has 2 amide bonds. The second-order valence-electron chi connectivity index (χ2n) is 6.76. The molecule has 0 spiro atoms. The van der Waals surface area contributed by atoms with Crippen LogP contribution in [0.3, 0.4) is 0 Å². The minimum atomic E-state index is -0.212. The number of aryl methyl sites for hydroxylation is 1. The van der Waals surface area contributed by atoms with Gasteiger partial charge in [0, 0.05) is 38.7 Å². The van der Waals surface area contributed by atoms with Gasteiger partial charge in [-0.05, 0) is 13.0 Å². The summed E-state index contributed by atoms with van der Waals surface area (Å²) in [6, 6.07) is 11.5. The first-order valence-electron chi connectivity index (χ1n) is 9.30. The predicted octanol–water partition coefficient (Wildman–Crippen LogP) is 2.51.